The summed E-state index contributed by atoms with van der Waals surface area (Å²) < 4.78 is 39.4. The molecule has 0 saturated heterocycles. The summed E-state index contributed by atoms with van der Waals surface area (Å²) in [6.07, 6.45) is -1.69. The van der Waals surface area contributed by atoms with E-state index >= 15 is 0 Å². The maximum atomic E-state index is 12.5. The van der Waals surface area contributed by atoms with Crippen molar-refractivity contribution in [1.29, 1.82) is 0 Å². The first-order valence-corrected chi connectivity index (χ1v) is 7.36. The number of alkyl halides is 3. The molecule has 0 unspecified atom stereocenters. The monoisotopic (exact) mass is 327 g/mol. The number of aromatic nitrogens is 2. The topological polar surface area (TPSA) is 50.1 Å². The molecule has 4 nitrogen and oxygen atoms in total. The van der Waals surface area contributed by atoms with Crippen molar-refractivity contribution in [1.82, 2.24) is 15.1 Å². The number of halogens is 3. The van der Waals surface area contributed by atoms with Gasteiger partial charge in [-0.1, -0.05) is 12.1 Å². The van der Waals surface area contributed by atoms with Gasteiger partial charge in [0.25, 0.3) is 0 Å². The zero-order valence-electron chi connectivity index (χ0n) is 13.0. The van der Waals surface area contributed by atoms with Crippen LogP contribution in [0.25, 0.3) is 0 Å². The van der Waals surface area contributed by atoms with Crippen LogP contribution in [-0.4, -0.2) is 27.5 Å². The normalized spacial score (nSPS) is 16.1. The Labute approximate surface area is 132 Å². The van der Waals surface area contributed by atoms with Gasteiger partial charge in [0.05, 0.1) is 17.7 Å². The van der Waals surface area contributed by atoms with Crippen molar-refractivity contribution in [2.45, 2.75) is 38.2 Å². The Morgan fingerprint density at radius 3 is 2.39 bits per heavy atom. The van der Waals surface area contributed by atoms with E-state index in [1.807, 2.05) is 30.8 Å². The van der Waals surface area contributed by atoms with Gasteiger partial charge in [0.15, 0.2) is 0 Å². The summed E-state index contributed by atoms with van der Waals surface area (Å²) in [6.45, 7) is 4.21. The third-order valence-corrected chi connectivity index (χ3v) is 3.92. The summed E-state index contributed by atoms with van der Waals surface area (Å²) in [6, 6.07) is 6.53. The lowest BCUT2D eigenvalue weighted by Crippen LogP contribution is -2.36. The second kappa shape index (κ2) is 7.14. The average molecular weight is 327 g/mol. The van der Waals surface area contributed by atoms with E-state index in [-0.39, 0.29) is 18.6 Å². The first kappa shape index (κ1) is 17.5. The standard InChI is InChI=1S/C16H20F3N3O/c1-11(12(2)22-9-3-8-21-22)20-10-15(23)13-4-6-14(7-5-13)16(17,18)19/h3-9,11-12,15,20,23H,10H2,1-2H3/t11-,12+,15+/m0/s1. The summed E-state index contributed by atoms with van der Waals surface area (Å²) in [5.74, 6) is 0. The fourth-order valence-electron chi connectivity index (χ4n) is 2.23. The predicted molar refractivity (Wildman–Crippen MR) is 80.8 cm³/mol. The summed E-state index contributed by atoms with van der Waals surface area (Å²) in [7, 11) is 0. The Morgan fingerprint density at radius 1 is 1.22 bits per heavy atom. The Bertz CT molecular complexity index is 596. The fraction of sp³-hybridized carbons (Fsp3) is 0.438. The number of aliphatic hydroxyl groups excluding tert-OH is 1. The van der Waals surface area contributed by atoms with E-state index in [0.717, 1.165) is 12.1 Å². The smallest absolute Gasteiger partial charge is 0.387 e. The molecular formula is C16H20F3N3O. The number of benzene rings is 1. The first-order chi connectivity index (χ1) is 10.8. The van der Waals surface area contributed by atoms with Crippen LogP contribution >= 0.6 is 0 Å². The second-order valence-corrected chi connectivity index (χ2v) is 5.56. The minimum atomic E-state index is -4.37. The first-order valence-electron chi connectivity index (χ1n) is 7.36. The summed E-state index contributed by atoms with van der Waals surface area (Å²) >= 11 is 0. The van der Waals surface area contributed by atoms with Crippen LogP contribution in [0.2, 0.25) is 0 Å². The SMILES string of the molecule is C[C@H](NC[C@@H](O)c1ccc(C(F)(F)F)cc1)[C@@H](C)n1cccn1. The van der Waals surface area contributed by atoms with Gasteiger partial charge in [-0.2, -0.15) is 18.3 Å². The van der Waals surface area contributed by atoms with Gasteiger partial charge in [-0.05, 0) is 37.6 Å². The molecule has 1 aromatic carbocycles. The van der Waals surface area contributed by atoms with Gasteiger partial charge in [-0.25, -0.2) is 0 Å². The largest absolute Gasteiger partial charge is 0.416 e. The van der Waals surface area contributed by atoms with Gasteiger partial charge in [0, 0.05) is 25.0 Å². The number of hydrogen-bond acceptors (Lipinski definition) is 3. The van der Waals surface area contributed by atoms with E-state index in [4.69, 9.17) is 0 Å². The number of hydrogen-bond donors (Lipinski definition) is 2. The van der Waals surface area contributed by atoms with Gasteiger partial charge in [-0.15, -0.1) is 0 Å². The molecule has 2 N–H and O–H groups in total. The molecule has 0 aliphatic rings. The average Bonchev–Trinajstić information content (AvgIpc) is 3.05. The molecule has 3 atom stereocenters. The highest BCUT2D eigenvalue weighted by Gasteiger charge is 2.30. The van der Waals surface area contributed by atoms with Crippen molar-refractivity contribution in [2.24, 2.45) is 0 Å². The third kappa shape index (κ3) is 4.56. The van der Waals surface area contributed by atoms with E-state index in [1.54, 1.807) is 6.20 Å². The van der Waals surface area contributed by atoms with Crippen molar-refractivity contribution in [3.63, 3.8) is 0 Å². The summed E-state index contributed by atoms with van der Waals surface area (Å²) in [4.78, 5) is 0. The lowest BCUT2D eigenvalue weighted by Gasteiger charge is -2.23. The highest BCUT2D eigenvalue weighted by Crippen LogP contribution is 2.29. The van der Waals surface area contributed by atoms with E-state index in [1.165, 1.54) is 12.1 Å². The van der Waals surface area contributed by atoms with Crippen molar-refractivity contribution < 1.29 is 18.3 Å². The highest BCUT2D eigenvalue weighted by molar-refractivity contribution is 5.26. The maximum absolute atomic E-state index is 12.5. The molecule has 0 aliphatic carbocycles. The minimum absolute atomic E-state index is 0.0407. The van der Waals surface area contributed by atoms with Crippen LogP contribution < -0.4 is 5.32 Å². The van der Waals surface area contributed by atoms with Crippen LogP contribution in [0.1, 0.15) is 37.1 Å². The molecule has 126 valence electrons. The molecule has 0 amide bonds. The van der Waals surface area contributed by atoms with E-state index in [2.05, 4.69) is 10.4 Å². The number of nitrogens with one attached hydrogen (secondary N) is 1. The Balaban J connectivity index is 1.90. The van der Waals surface area contributed by atoms with Crippen LogP contribution in [0.5, 0.6) is 0 Å². The summed E-state index contributed by atoms with van der Waals surface area (Å²) in [5.41, 5.74) is -0.272. The molecule has 0 spiro atoms. The Hall–Kier alpha value is -1.86. The van der Waals surface area contributed by atoms with Crippen LogP contribution in [0.15, 0.2) is 42.7 Å². The van der Waals surface area contributed by atoms with Crippen molar-refractivity contribution in [2.75, 3.05) is 6.54 Å². The lowest BCUT2D eigenvalue weighted by atomic mass is 10.1. The Morgan fingerprint density at radius 2 is 1.87 bits per heavy atom. The molecule has 0 saturated carbocycles. The minimum Gasteiger partial charge on any atom is -0.387 e. The number of nitrogens with zero attached hydrogens (tertiary/aromatic N) is 2. The molecule has 0 aliphatic heterocycles. The lowest BCUT2D eigenvalue weighted by molar-refractivity contribution is -0.137. The molecule has 0 bridgehead atoms. The van der Waals surface area contributed by atoms with E-state index in [0.29, 0.717) is 5.56 Å². The number of aliphatic hydroxyl groups is 1. The van der Waals surface area contributed by atoms with Crippen LogP contribution in [0.3, 0.4) is 0 Å². The molecule has 2 rings (SSSR count). The molecular weight excluding hydrogens is 307 g/mol. The van der Waals surface area contributed by atoms with Crippen LogP contribution in [-0.2, 0) is 6.18 Å². The third-order valence-electron chi connectivity index (χ3n) is 3.92. The van der Waals surface area contributed by atoms with Gasteiger partial charge < -0.3 is 10.4 Å². The fourth-order valence-corrected chi connectivity index (χ4v) is 2.23. The van der Waals surface area contributed by atoms with Crippen molar-refractivity contribution in [3.05, 3.63) is 53.9 Å². The molecule has 2 aromatic rings. The molecule has 0 fully saturated rings. The van der Waals surface area contributed by atoms with Gasteiger partial charge in [-0.3, -0.25) is 4.68 Å². The Kier molecular flexibility index (Phi) is 5.43. The van der Waals surface area contributed by atoms with Gasteiger partial charge in [0.2, 0.25) is 0 Å². The molecule has 7 heteroatoms. The zero-order valence-corrected chi connectivity index (χ0v) is 13.0. The van der Waals surface area contributed by atoms with E-state index < -0.39 is 17.8 Å². The molecule has 1 heterocycles. The molecule has 0 radical (unpaired) electrons. The second-order valence-electron chi connectivity index (χ2n) is 5.56. The zero-order chi connectivity index (χ0) is 17.0. The predicted octanol–water partition coefficient (Wildman–Crippen LogP) is 3.17. The van der Waals surface area contributed by atoms with Crippen LogP contribution in [0, 0.1) is 0 Å². The quantitative estimate of drug-likeness (QED) is 0.857. The van der Waals surface area contributed by atoms with Crippen molar-refractivity contribution >= 4 is 0 Å². The molecule has 1 aromatic heterocycles. The maximum Gasteiger partial charge on any atom is 0.416 e. The van der Waals surface area contributed by atoms with Crippen LogP contribution in [0.4, 0.5) is 13.2 Å². The van der Waals surface area contributed by atoms with Gasteiger partial charge >= 0.3 is 6.18 Å². The number of rotatable bonds is 6. The van der Waals surface area contributed by atoms with Gasteiger partial charge in [0.1, 0.15) is 0 Å². The summed E-state index contributed by atoms with van der Waals surface area (Å²) in [5, 5.41) is 17.5. The highest BCUT2D eigenvalue weighted by atomic mass is 19.4. The molecule has 23 heavy (non-hydrogen) atoms. The van der Waals surface area contributed by atoms with E-state index in [9.17, 15) is 18.3 Å². The van der Waals surface area contributed by atoms with Crippen molar-refractivity contribution in [3.8, 4) is 0 Å².